The summed E-state index contributed by atoms with van der Waals surface area (Å²) in [6, 6.07) is 3.58. The molecule has 0 saturated heterocycles. The number of hydrogen-bond donors (Lipinski definition) is 1. The van der Waals surface area contributed by atoms with E-state index in [-0.39, 0.29) is 5.02 Å². The maximum atomic E-state index is 12.6. The normalized spacial score (nSPS) is 12.9. The lowest BCUT2D eigenvalue weighted by Gasteiger charge is -2.25. The van der Waals surface area contributed by atoms with E-state index in [2.05, 4.69) is 5.32 Å². The summed E-state index contributed by atoms with van der Waals surface area (Å²) in [5.74, 6) is 0. The topological polar surface area (TPSA) is 12.0 Å². The van der Waals surface area contributed by atoms with Gasteiger partial charge in [0.05, 0.1) is 5.56 Å². The third kappa shape index (κ3) is 2.89. The Morgan fingerprint density at radius 3 is 2.00 bits per heavy atom. The summed E-state index contributed by atoms with van der Waals surface area (Å²) >= 11 is 5.69. The van der Waals surface area contributed by atoms with Gasteiger partial charge in [-0.1, -0.05) is 11.6 Å². The Kier molecular flexibility index (Phi) is 3.55. The molecular formula is C11H13ClF3N. The van der Waals surface area contributed by atoms with Gasteiger partial charge in [0, 0.05) is 10.6 Å². The van der Waals surface area contributed by atoms with Crippen molar-refractivity contribution in [3.05, 3.63) is 34.3 Å². The van der Waals surface area contributed by atoms with E-state index in [1.54, 1.807) is 20.9 Å². The first kappa shape index (κ1) is 13.3. The Morgan fingerprint density at radius 2 is 1.56 bits per heavy atom. The highest BCUT2D eigenvalue weighted by atomic mass is 35.5. The monoisotopic (exact) mass is 251 g/mol. The Hall–Kier alpha value is -0.740. The largest absolute Gasteiger partial charge is 0.416 e. The molecule has 0 aromatic heterocycles. The average molecular weight is 252 g/mol. The van der Waals surface area contributed by atoms with Crippen molar-refractivity contribution in [2.45, 2.75) is 25.6 Å². The molecule has 0 aliphatic rings. The number of rotatable bonds is 2. The SMILES string of the molecule is CNC(C)(C)c1cc(Cl)cc(C(F)(F)F)c1. The van der Waals surface area contributed by atoms with Gasteiger partial charge < -0.3 is 5.32 Å². The van der Waals surface area contributed by atoms with Crippen LogP contribution in [0.5, 0.6) is 0 Å². The van der Waals surface area contributed by atoms with Gasteiger partial charge in [-0.2, -0.15) is 13.2 Å². The highest BCUT2D eigenvalue weighted by Crippen LogP contribution is 2.34. The lowest BCUT2D eigenvalue weighted by Crippen LogP contribution is -2.33. The predicted octanol–water partition coefficient (Wildman–Crippen LogP) is 3.81. The van der Waals surface area contributed by atoms with Crippen molar-refractivity contribution in [3.8, 4) is 0 Å². The van der Waals surface area contributed by atoms with E-state index < -0.39 is 17.3 Å². The van der Waals surface area contributed by atoms with Crippen molar-refractivity contribution in [1.82, 2.24) is 5.32 Å². The maximum absolute atomic E-state index is 12.6. The molecule has 0 saturated carbocycles. The van der Waals surface area contributed by atoms with E-state index >= 15 is 0 Å². The minimum Gasteiger partial charge on any atom is -0.311 e. The van der Waals surface area contributed by atoms with Gasteiger partial charge in [0.1, 0.15) is 0 Å². The minimum absolute atomic E-state index is 0.0909. The number of nitrogens with one attached hydrogen (secondary N) is 1. The molecule has 5 heteroatoms. The van der Waals surface area contributed by atoms with Gasteiger partial charge in [-0.05, 0) is 44.7 Å². The molecule has 16 heavy (non-hydrogen) atoms. The van der Waals surface area contributed by atoms with Gasteiger partial charge in [0.15, 0.2) is 0 Å². The number of alkyl halides is 3. The number of hydrogen-bond acceptors (Lipinski definition) is 1. The van der Waals surface area contributed by atoms with Crippen LogP contribution < -0.4 is 5.32 Å². The molecule has 0 aliphatic heterocycles. The molecular weight excluding hydrogens is 239 g/mol. The molecule has 0 aliphatic carbocycles. The molecule has 1 rings (SSSR count). The van der Waals surface area contributed by atoms with E-state index in [1.165, 1.54) is 6.07 Å². The zero-order valence-corrected chi connectivity index (χ0v) is 10.00. The quantitative estimate of drug-likeness (QED) is 0.843. The second kappa shape index (κ2) is 4.26. The van der Waals surface area contributed by atoms with Crippen molar-refractivity contribution < 1.29 is 13.2 Å². The van der Waals surface area contributed by atoms with Crippen molar-refractivity contribution in [2.75, 3.05) is 7.05 Å². The molecule has 0 atom stereocenters. The molecule has 1 N–H and O–H groups in total. The summed E-state index contributed by atoms with van der Waals surface area (Å²) in [4.78, 5) is 0. The number of halogens is 4. The standard InChI is InChI=1S/C11H13ClF3N/c1-10(2,16-3)7-4-8(11(13,14)15)6-9(12)5-7/h4-6,16H,1-3H3. The summed E-state index contributed by atoms with van der Waals surface area (Å²) in [5, 5.41) is 3.03. The highest BCUT2D eigenvalue weighted by Gasteiger charge is 2.32. The molecule has 1 nitrogen and oxygen atoms in total. The van der Waals surface area contributed by atoms with Gasteiger partial charge in [-0.15, -0.1) is 0 Å². The molecule has 1 aromatic carbocycles. The fourth-order valence-corrected chi connectivity index (χ4v) is 1.49. The summed E-state index contributed by atoms with van der Waals surface area (Å²) in [7, 11) is 1.69. The van der Waals surface area contributed by atoms with Crippen LogP contribution in [0.25, 0.3) is 0 Å². The average Bonchev–Trinajstić information content (AvgIpc) is 2.15. The second-order valence-corrected chi connectivity index (χ2v) is 4.54. The van der Waals surface area contributed by atoms with Crippen LogP contribution in [0.1, 0.15) is 25.0 Å². The van der Waals surface area contributed by atoms with Crippen LogP contribution in [0.4, 0.5) is 13.2 Å². The fraction of sp³-hybridized carbons (Fsp3) is 0.455. The zero-order valence-electron chi connectivity index (χ0n) is 9.24. The minimum atomic E-state index is -4.37. The first-order valence-corrected chi connectivity index (χ1v) is 5.12. The molecule has 0 heterocycles. The number of benzene rings is 1. The van der Waals surface area contributed by atoms with Gasteiger partial charge in [0.25, 0.3) is 0 Å². The van der Waals surface area contributed by atoms with E-state index in [0.717, 1.165) is 12.1 Å². The van der Waals surface area contributed by atoms with Crippen LogP contribution in [0.2, 0.25) is 5.02 Å². The zero-order chi connectivity index (χ0) is 12.6. The highest BCUT2D eigenvalue weighted by molar-refractivity contribution is 6.30. The molecule has 0 radical (unpaired) electrons. The molecule has 0 amide bonds. The van der Waals surface area contributed by atoms with Gasteiger partial charge >= 0.3 is 6.18 Å². The van der Waals surface area contributed by atoms with E-state index in [9.17, 15) is 13.2 Å². The van der Waals surface area contributed by atoms with Crippen molar-refractivity contribution in [3.63, 3.8) is 0 Å². The molecule has 0 bridgehead atoms. The predicted molar refractivity (Wildman–Crippen MR) is 58.5 cm³/mol. The fourth-order valence-electron chi connectivity index (χ4n) is 1.26. The van der Waals surface area contributed by atoms with Gasteiger partial charge in [0.2, 0.25) is 0 Å². The van der Waals surface area contributed by atoms with Crippen LogP contribution >= 0.6 is 11.6 Å². The molecule has 0 unspecified atom stereocenters. The third-order valence-electron chi connectivity index (χ3n) is 2.57. The van der Waals surface area contributed by atoms with Crippen molar-refractivity contribution in [1.29, 1.82) is 0 Å². The molecule has 1 aromatic rings. The Labute approximate surface area is 97.6 Å². The van der Waals surface area contributed by atoms with Crippen LogP contribution in [0.15, 0.2) is 18.2 Å². The first-order chi connectivity index (χ1) is 7.16. The van der Waals surface area contributed by atoms with Crippen LogP contribution in [-0.4, -0.2) is 7.05 Å². The van der Waals surface area contributed by atoms with Crippen molar-refractivity contribution in [2.24, 2.45) is 0 Å². The summed E-state index contributed by atoms with van der Waals surface area (Å²) < 4.78 is 37.7. The van der Waals surface area contributed by atoms with E-state index in [1.807, 2.05) is 0 Å². The second-order valence-electron chi connectivity index (χ2n) is 4.10. The smallest absolute Gasteiger partial charge is 0.311 e. The first-order valence-electron chi connectivity index (χ1n) is 4.74. The lowest BCUT2D eigenvalue weighted by atomic mass is 9.93. The maximum Gasteiger partial charge on any atom is 0.416 e. The molecule has 90 valence electrons. The van der Waals surface area contributed by atoms with Gasteiger partial charge in [-0.25, -0.2) is 0 Å². The van der Waals surface area contributed by atoms with Crippen LogP contribution in [0.3, 0.4) is 0 Å². The van der Waals surface area contributed by atoms with Gasteiger partial charge in [-0.3, -0.25) is 0 Å². The lowest BCUT2D eigenvalue weighted by molar-refractivity contribution is -0.137. The Morgan fingerprint density at radius 1 is 1.06 bits per heavy atom. The molecule has 0 spiro atoms. The van der Waals surface area contributed by atoms with Crippen LogP contribution in [-0.2, 0) is 11.7 Å². The summed E-state index contributed by atoms with van der Waals surface area (Å²) in [5.41, 5.74) is -0.765. The summed E-state index contributed by atoms with van der Waals surface area (Å²) in [6.07, 6.45) is -4.37. The van der Waals surface area contributed by atoms with E-state index in [4.69, 9.17) is 11.6 Å². The third-order valence-corrected chi connectivity index (χ3v) is 2.79. The Bertz CT molecular complexity index is 385. The van der Waals surface area contributed by atoms with Crippen molar-refractivity contribution >= 4 is 11.6 Å². The Balaban J connectivity index is 3.29. The molecule has 0 fully saturated rings. The van der Waals surface area contributed by atoms with Crippen LogP contribution in [0, 0.1) is 0 Å². The summed E-state index contributed by atoms with van der Waals surface area (Å²) in [6.45, 7) is 3.58. The van der Waals surface area contributed by atoms with E-state index in [0.29, 0.717) is 5.56 Å².